The molecular formula is C12H19BrN2O. The maximum Gasteiger partial charge on any atom is 0.168 e. The molecule has 0 aliphatic heterocycles. The van der Waals surface area contributed by atoms with Gasteiger partial charge in [-0.3, -0.25) is 0 Å². The third kappa shape index (κ3) is 4.39. The molecule has 0 aromatic carbocycles. The van der Waals surface area contributed by atoms with Crippen molar-refractivity contribution in [1.29, 1.82) is 0 Å². The number of pyridine rings is 1. The molecule has 0 saturated carbocycles. The Labute approximate surface area is 106 Å². The smallest absolute Gasteiger partial charge is 0.168 e. The zero-order valence-corrected chi connectivity index (χ0v) is 11.5. The van der Waals surface area contributed by atoms with Gasteiger partial charge in [0, 0.05) is 17.6 Å². The predicted molar refractivity (Wildman–Crippen MR) is 71.5 cm³/mol. The van der Waals surface area contributed by atoms with Gasteiger partial charge in [0.1, 0.15) is 0 Å². The van der Waals surface area contributed by atoms with Gasteiger partial charge >= 0.3 is 0 Å². The summed E-state index contributed by atoms with van der Waals surface area (Å²) in [6.07, 6.45) is 4.00. The van der Waals surface area contributed by atoms with Gasteiger partial charge in [-0.25, -0.2) is 4.98 Å². The fourth-order valence-corrected chi connectivity index (χ4v) is 1.58. The molecule has 1 N–H and O–H groups in total. The van der Waals surface area contributed by atoms with Crippen molar-refractivity contribution >= 4 is 21.7 Å². The number of anilines is 1. The molecule has 3 nitrogen and oxygen atoms in total. The van der Waals surface area contributed by atoms with Crippen LogP contribution in [0.4, 0.5) is 5.82 Å². The van der Waals surface area contributed by atoms with E-state index in [1.807, 2.05) is 19.1 Å². The van der Waals surface area contributed by atoms with Crippen LogP contribution in [0.15, 0.2) is 18.3 Å². The highest BCUT2D eigenvalue weighted by atomic mass is 79.9. The zero-order valence-electron chi connectivity index (χ0n) is 9.87. The third-order valence-electron chi connectivity index (χ3n) is 2.26. The summed E-state index contributed by atoms with van der Waals surface area (Å²) in [6.45, 7) is 5.71. The molecule has 1 heterocycles. The zero-order chi connectivity index (χ0) is 11.8. The number of hydrogen-bond acceptors (Lipinski definition) is 3. The summed E-state index contributed by atoms with van der Waals surface area (Å²) in [4.78, 5) is 4.84. The average molecular weight is 287 g/mol. The Morgan fingerprint density at radius 1 is 1.50 bits per heavy atom. The Morgan fingerprint density at radius 3 is 3.00 bits per heavy atom. The molecule has 1 unspecified atom stereocenters. The monoisotopic (exact) mass is 286 g/mol. The highest BCUT2D eigenvalue weighted by Crippen LogP contribution is 2.21. The van der Waals surface area contributed by atoms with E-state index >= 15 is 0 Å². The van der Waals surface area contributed by atoms with Crippen LogP contribution in [0, 0.1) is 0 Å². The van der Waals surface area contributed by atoms with Gasteiger partial charge < -0.3 is 10.1 Å². The van der Waals surface area contributed by atoms with Crippen LogP contribution in [-0.4, -0.2) is 23.0 Å². The van der Waals surface area contributed by atoms with Crippen LogP contribution in [-0.2, 0) is 0 Å². The highest BCUT2D eigenvalue weighted by molar-refractivity contribution is 9.09. The van der Waals surface area contributed by atoms with Crippen molar-refractivity contribution in [1.82, 2.24) is 4.98 Å². The van der Waals surface area contributed by atoms with Crippen LogP contribution >= 0.6 is 15.9 Å². The molecule has 0 aliphatic rings. The Bertz CT molecular complexity index is 307. The van der Waals surface area contributed by atoms with Crippen molar-refractivity contribution in [3.8, 4) is 5.75 Å². The topological polar surface area (TPSA) is 34.1 Å². The van der Waals surface area contributed by atoms with Crippen LogP contribution < -0.4 is 10.1 Å². The minimum absolute atomic E-state index is 0.569. The first-order valence-corrected chi connectivity index (χ1v) is 6.65. The SMILES string of the molecule is CCOc1cccnc1NCCC(Br)CC. The lowest BCUT2D eigenvalue weighted by Crippen LogP contribution is -2.10. The van der Waals surface area contributed by atoms with Crippen LogP contribution in [0.5, 0.6) is 5.75 Å². The molecule has 4 heteroatoms. The first-order chi connectivity index (χ1) is 7.77. The van der Waals surface area contributed by atoms with Gasteiger partial charge in [0.05, 0.1) is 6.61 Å². The van der Waals surface area contributed by atoms with E-state index in [0.717, 1.165) is 31.0 Å². The maximum atomic E-state index is 5.48. The van der Waals surface area contributed by atoms with Crippen molar-refractivity contribution in [2.45, 2.75) is 31.5 Å². The van der Waals surface area contributed by atoms with E-state index in [1.165, 1.54) is 0 Å². The second-order valence-electron chi connectivity index (χ2n) is 3.50. The Hall–Kier alpha value is -0.770. The molecule has 1 rings (SSSR count). The van der Waals surface area contributed by atoms with E-state index in [-0.39, 0.29) is 0 Å². The minimum Gasteiger partial charge on any atom is -0.490 e. The minimum atomic E-state index is 0.569. The Morgan fingerprint density at radius 2 is 2.31 bits per heavy atom. The Kier molecular flexibility index (Phi) is 6.23. The van der Waals surface area contributed by atoms with Crippen LogP contribution in [0.1, 0.15) is 26.7 Å². The first-order valence-electron chi connectivity index (χ1n) is 5.73. The first kappa shape index (κ1) is 13.3. The lowest BCUT2D eigenvalue weighted by Gasteiger charge is -2.12. The van der Waals surface area contributed by atoms with E-state index in [4.69, 9.17) is 4.74 Å². The number of hydrogen-bond donors (Lipinski definition) is 1. The molecular weight excluding hydrogens is 268 g/mol. The summed E-state index contributed by atoms with van der Waals surface area (Å²) < 4.78 is 5.48. The summed E-state index contributed by atoms with van der Waals surface area (Å²) in [6, 6.07) is 3.82. The number of rotatable bonds is 7. The molecule has 0 amide bonds. The predicted octanol–water partition coefficient (Wildman–Crippen LogP) is 3.46. The van der Waals surface area contributed by atoms with E-state index in [9.17, 15) is 0 Å². The van der Waals surface area contributed by atoms with Crippen molar-refractivity contribution in [2.24, 2.45) is 0 Å². The molecule has 1 atom stereocenters. The van der Waals surface area contributed by atoms with Gasteiger partial charge in [-0.1, -0.05) is 22.9 Å². The largest absolute Gasteiger partial charge is 0.490 e. The van der Waals surface area contributed by atoms with Gasteiger partial charge in [-0.05, 0) is 31.9 Å². The molecule has 0 saturated heterocycles. The summed E-state index contributed by atoms with van der Waals surface area (Å²) in [5, 5.41) is 3.30. The normalized spacial score (nSPS) is 12.2. The summed E-state index contributed by atoms with van der Waals surface area (Å²) in [5.74, 6) is 1.66. The summed E-state index contributed by atoms with van der Waals surface area (Å²) in [5.41, 5.74) is 0. The maximum absolute atomic E-state index is 5.48. The molecule has 0 spiro atoms. The molecule has 90 valence electrons. The lowest BCUT2D eigenvalue weighted by molar-refractivity contribution is 0.340. The quantitative estimate of drug-likeness (QED) is 0.780. The number of alkyl halides is 1. The van der Waals surface area contributed by atoms with Crippen LogP contribution in [0.3, 0.4) is 0 Å². The third-order valence-corrected chi connectivity index (χ3v) is 3.37. The highest BCUT2D eigenvalue weighted by Gasteiger charge is 2.04. The van der Waals surface area contributed by atoms with Gasteiger partial charge in [0.15, 0.2) is 11.6 Å². The van der Waals surface area contributed by atoms with E-state index in [0.29, 0.717) is 11.4 Å². The second-order valence-corrected chi connectivity index (χ2v) is 4.80. The van der Waals surface area contributed by atoms with Gasteiger partial charge in [0.25, 0.3) is 0 Å². The fraction of sp³-hybridized carbons (Fsp3) is 0.583. The van der Waals surface area contributed by atoms with E-state index in [2.05, 4.69) is 33.2 Å². The number of ether oxygens (including phenoxy) is 1. The van der Waals surface area contributed by atoms with Crippen LogP contribution in [0.2, 0.25) is 0 Å². The van der Waals surface area contributed by atoms with E-state index < -0.39 is 0 Å². The lowest BCUT2D eigenvalue weighted by atomic mass is 10.2. The Balaban J connectivity index is 2.46. The molecule has 0 fully saturated rings. The van der Waals surface area contributed by atoms with Crippen molar-refractivity contribution in [2.75, 3.05) is 18.5 Å². The van der Waals surface area contributed by atoms with Gasteiger partial charge in [0.2, 0.25) is 0 Å². The van der Waals surface area contributed by atoms with Crippen molar-refractivity contribution in [3.05, 3.63) is 18.3 Å². The molecule has 16 heavy (non-hydrogen) atoms. The van der Waals surface area contributed by atoms with Crippen molar-refractivity contribution < 1.29 is 4.74 Å². The number of aromatic nitrogens is 1. The average Bonchev–Trinajstić information content (AvgIpc) is 2.31. The van der Waals surface area contributed by atoms with Gasteiger partial charge in [-0.2, -0.15) is 0 Å². The molecule has 1 aromatic rings. The standard InChI is InChI=1S/C12H19BrN2O/c1-3-10(13)7-9-15-12-11(16-4-2)6-5-8-14-12/h5-6,8,10H,3-4,7,9H2,1-2H3,(H,14,15). The molecule has 0 radical (unpaired) electrons. The molecule has 1 aromatic heterocycles. The number of nitrogens with one attached hydrogen (secondary N) is 1. The fourth-order valence-electron chi connectivity index (χ4n) is 1.35. The van der Waals surface area contributed by atoms with Crippen LogP contribution in [0.25, 0.3) is 0 Å². The van der Waals surface area contributed by atoms with Gasteiger partial charge in [-0.15, -0.1) is 0 Å². The summed E-state index contributed by atoms with van der Waals surface area (Å²) in [7, 11) is 0. The summed E-state index contributed by atoms with van der Waals surface area (Å²) >= 11 is 3.61. The second kappa shape index (κ2) is 7.49. The molecule has 0 bridgehead atoms. The number of halogens is 1. The number of nitrogens with zero attached hydrogens (tertiary/aromatic N) is 1. The van der Waals surface area contributed by atoms with E-state index in [1.54, 1.807) is 6.20 Å². The molecule has 0 aliphatic carbocycles. The van der Waals surface area contributed by atoms with Crippen molar-refractivity contribution in [3.63, 3.8) is 0 Å².